The van der Waals surface area contributed by atoms with Gasteiger partial charge in [0.15, 0.2) is 0 Å². The third-order valence-electron chi connectivity index (χ3n) is 8.61. The van der Waals surface area contributed by atoms with E-state index in [1.807, 2.05) is 24.3 Å². The minimum absolute atomic E-state index is 0.00893. The average Bonchev–Trinajstić information content (AvgIpc) is 3.41. The maximum absolute atomic E-state index is 6.07. The summed E-state index contributed by atoms with van der Waals surface area (Å²) < 4.78 is 28.7. The van der Waals surface area contributed by atoms with E-state index in [4.69, 9.17) is 23.7 Å². The first-order valence-electron chi connectivity index (χ1n) is 13.3. The topological polar surface area (TPSA) is 46.2 Å². The molecule has 4 atom stereocenters. The van der Waals surface area contributed by atoms with E-state index >= 15 is 0 Å². The lowest BCUT2D eigenvalue weighted by molar-refractivity contribution is 0.388. The first kappa shape index (κ1) is 26.6. The van der Waals surface area contributed by atoms with E-state index in [0.717, 1.165) is 45.4 Å². The summed E-state index contributed by atoms with van der Waals surface area (Å²) in [5.74, 6) is 3.91. The fourth-order valence-electron chi connectivity index (χ4n) is 6.87. The van der Waals surface area contributed by atoms with Gasteiger partial charge in [-0.1, -0.05) is 57.9 Å². The van der Waals surface area contributed by atoms with E-state index in [0.29, 0.717) is 0 Å². The Hall–Kier alpha value is -3.64. The summed E-state index contributed by atoms with van der Waals surface area (Å²) in [4.78, 5) is 0. The second kappa shape index (κ2) is 10.1. The molecule has 2 aliphatic rings. The van der Waals surface area contributed by atoms with Gasteiger partial charge in [0, 0.05) is 41.0 Å². The van der Waals surface area contributed by atoms with Gasteiger partial charge in [0.1, 0.15) is 28.7 Å². The molecule has 0 saturated carbocycles. The van der Waals surface area contributed by atoms with Crippen molar-refractivity contribution < 1.29 is 23.7 Å². The Kier molecular flexibility index (Phi) is 6.70. The highest BCUT2D eigenvalue weighted by Crippen LogP contribution is 2.74. The molecule has 6 rings (SSSR count). The standard InChI is InChI=1S/C34H33BrO5/c1-19-7-9-20(10-8-19)29-31-26(16-24(38-4)18-28(31)40-6)34(35)32(21-11-13-22(36-2)14-12-21)30-25(33(29)34)15-23(37-3)17-27(30)39-5/h7-18,29,32-33H,1-6H3/t29-,32-,33+,34-/m1/s1. The van der Waals surface area contributed by atoms with E-state index in [-0.39, 0.29) is 17.8 Å². The summed E-state index contributed by atoms with van der Waals surface area (Å²) in [6, 6.07) is 25.5. The number of ether oxygens (including phenoxy) is 5. The van der Waals surface area contributed by atoms with Crippen LogP contribution in [0.15, 0.2) is 72.8 Å². The van der Waals surface area contributed by atoms with Crippen LogP contribution in [-0.2, 0) is 4.32 Å². The zero-order valence-corrected chi connectivity index (χ0v) is 25.2. The van der Waals surface area contributed by atoms with E-state index < -0.39 is 4.32 Å². The zero-order chi connectivity index (χ0) is 28.2. The van der Waals surface area contributed by atoms with Gasteiger partial charge >= 0.3 is 0 Å². The van der Waals surface area contributed by atoms with Gasteiger partial charge in [0.05, 0.1) is 39.9 Å². The molecular weight excluding hydrogens is 568 g/mol. The Morgan fingerprint density at radius 1 is 0.600 bits per heavy atom. The highest BCUT2D eigenvalue weighted by Gasteiger charge is 2.63. The number of methoxy groups -OCH3 is 5. The molecule has 0 radical (unpaired) electrons. The Morgan fingerprint density at radius 3 is 1.73 bits per heavy atom. The molecule has 0 bridgehead atoms. The van der Waals surface area contributed by atoms with Crippen LogP contribution in [0.1, 0.15) is 56.7 Å². The van der Waals surface area contributed by atoms with Gasteiger partial charge in [-0.05, 0) is 53.4 Å². The van der Waals surface area contributed by atoms with E-state index in [9.17, 15) is 0 Å². The molecule has 0 unspecified atom stereocenters. The minimum Gasteiger partial charge on any atom is -0.497 e. The van der Waals surface area contributed by atoms with Crippen molar-refractivity contribution in [1.29, 1.82) is 0 Å². The third-order valence-corrected chi connectivity index (χ3v) is 9.99. The number of benzene rings is 4. The molecular formula is C34H33BrO5. The van der Waals surface area contributed by atoms with Gasteiger partial charge in [0.25, 0.3) is 0 Å². The maximum atomic E-state index is 6.07. The molecule has 0 saturated heterocycles. The van der Waals surface area contributed by atoms with Crippen LogP contribution in [0.2, 0.25) is 0 Å². The SMILES string of the molecule is COc1ccc([C@@H]2c3c(OC)cc(OC)cc3[C@H]3[C@H](c4ccc(C)cc4)c4c(OC)cc(OC)cc4[C@@]23Br)cc1. The molecule has 0 spiro atoms. The summed E-state index contributed by atoms with van der Waals surface area (Å²) in [6.07, 6.45) is 0. The van der Waals surface area contributed by atoms with E-state index in [2.05, 4.69) is 71.4 Å². The molecule has 2 aliphatic carbocycles. The fraction of sp³-hybridized carbons (Fsp3) is 0.294. The molecule has 0 heterocycles. The monoisotopic (exact) mass is 600 g/mol. The maximum Gasteiger partial charge on any atom is 0.126 e. The Balaban J connectivity index is 1.73. The quantitative estimate of drug-likeness (QED) is 0.203. The van der Waals surface area contributed by atoms with Crippen LogP contribution in [0.3, 0.4) is 0 Å². The average molecular weight is 602 g/mol. The second-order valence-corrected chi connectivity index (χ2v) is 11.8. The largest absolute Gasteiger partial charge is 0.497 e. The number of hydrogen-bond acceptors (Lipinski definition) is 5. The van der Waals surface area contributed by atoms with Crippen LogP contribution in [-0.4, -0.2) is 35.5 Å². The third kappa shape index (κ3) is 3.80. The molecule has 6 heteroatoms. The van der Waals surface area contributed by atoms with Gasteiger partial charge in [0.2, 0.25) is 0 Å². The lowest BCUT2D eigenvalue weighted by Gasteiger charge is -2.33. The smallest absolute Gasteiger partial charge is 0.126 e. The highest BCUT2D eigenvalue weighted by atomic mass is 79.9. The predicted molar refractivity (Wildman–Crippen MR) is 160 cm³/mol. The van der Waals surface area contributed by atoms with Crippen molar-refractivity contribution in [2.45, 2.75) is 29.0 Å². The minimum atomic E-state index is -0.531. The highest BCUT2D eigenvalue weighted by molar-refractivity contribution is 9.09. The molecule has 4 aromatic rings. The van der Waals surface area contributed by atoms with Crippen LogP contribution < -0.4 is 23.7 Å². The van der Waals surface area contributed by atoms with Gasteiger partial charge in [-0.25, -0.2) is 0 Å². The van der Waals surface area contributed by atoms with Crippen molar-refractivity contribution in [1.82, 2.24) is 0 Å². The number of aryl methyl sites for hydroxylation is 1. The molecule has 0 N–H and O–H groups in total. The second-order valence-electron chi connectivity index (χ2n) is 10.5. The Bertz CT molecular complexity index is 1560. The molecule has 0 aliphatic heterocycles. The fourth-order valence-corrected chi connectivity index (χ4v) is 8.20. The number of hydrogen-bond donors (Lipinski definition) is 0. The van der Waals surface area contributed by atoms with Gasteiger partial charge in [-0.15, -0.1) is 0 Å². The van der Waals surface area contributed by atoms with Gasteiger partial charge < -0.3 is 23.7 Å². The summed E-state index contributed by atoms with van der Waals surface area (Å²) in [7, 11) is 8.55. The van der Waals surface area contributed by atoms with Crippen LogP contribution in [0.4, 0.5) is 0 Å². The van der Waals surface area contributed by atoms with Crippen molar-refractivity contribution in [3.8, 4) is 28.7 Å². The number of alkyl halides is 1. The van der Waals surface area contributed by atoms with E-state index in [1.54, 1.807) is 35.5 Å². The molecule has 0 fully saturated rings. The van der Waals surface area contributed by atoms with Gasteiger partial charge in [-0.3, -0.25) is 0 Å². The lowest BCUT2D eigenvalue weighted by atomic mass is 9.78. The van der Waals surface area contributed by atoms with Crippen molar-refractivity contribution in [3.05, 3.63) is 112 Å². The van der Waals surface area contributed by atoms with Crippen LogP contribution >= 0.6 is 15.9 Å². The van der Waals surface area contributed by atoms with Crippen molar-refractivity contribution in [2.24, 2.45) is 0 Å². The summed E-state index contributed by atoms with van der Waals surface area (Å²) in [6.45, 7) is 2.12. The van der Waals surface area contributed by atoms with E-state index in [1.165, 1.54) is 22.3 Å². The van der Waals surface area contributed by atoms with Crippen LogP contribution in [0.25, 0.3) is 0 Å². The molecule has 0 aromatic heterocycles. The Morgan fingerprint density at radius 2 is 1.15 bits per heavy atom. The molecule has 5 nitrogen and oxygen atoms in total. The lowest BCUT2D eigenvalue weighted by Crippen LogP contribution is -2.26. The summed E-state index contributed by atoms with van der Waals surface area (Å²) in [5, 5.41) is 0. The summed E-state index contributed by atoms with van der Waals surface area (Å²) >= 11 is 4.44. The first-order valence-corrected chi connectivity index (χ1v) is 14.1. The summed E-state index contributed by atoms with van der Waals surface area (Å²) in [5.41, 5.74) is 8.26. The van der Waals surface area contributed by atoms with Crippen molar-refractivity contribution in [2.75, 3.05) is 35.5 Å². The molecule has 40 heavy (non-hydrogen) atoms. The zero-order valence-electron chi connectivity index (χ0n) is 23.6. The number of rotatable bonds is 7. The number of fused-ring (bicyclic) bond motifs is 5. The van der Waals surface area contributed by atoms with Crippen molar-refractivity contribution in [3.63, 3.8) is 0 Å². The molecule has 206 valence electrons. The van der Waals surface area contributed by atoms with Gasteiger partial charge in [-0.2, -0.15) is 0 Å². The normalized spacial score (nSPS) is 22.2. The predicted octanol–water partition coefficient (Wildman–Crippen LogP) is 7.70. The Labute approximate surface area is 244 Å². The molecule has 4 aromatic carbocycles. The molecule has 0 amide bonds. The number of halogens is 1. The van der Waals surface area contributed by atoms with Crippen molar-refractivity contribution >= 4 is 15.9 Å². The first-order chi connectivity index (χ1) is 19.4. The van der Waals surface area contributed by atoms with Crippen LogP contribution in [0.5, 0.6) is 28.7 Å². The van der Waals surface area contributed by atoms with Crippen LogP contribution in [0, 0.1) is 6.92 Å².